The number of piperazine rings is 1. The van der Waals surface area contributed by atoms with E-state index >= 15 is 0 Å². The number of hydrogen-bond acceptors (Lipinski definition) is 8. The SMILES string of the molecule is C/C(=C\C=C\[C@@H](C)COC(=O)N1CCCC1)[C@@H](C=O)[C@@H](C)/C=C/[C@H](OC(=O)N1CCN(C)CC1)[C@H](C)CC[C@H](O)CC=O. The fraction of sp³-hybridized carbons (Fsp3) is 0.697. The highest BCUT2D eigenvalue weighted by Crippen LogP contribution is 2.24. The van der Waals surface area contributed by atoms with Crippen LogP contribution in [0.2, 0.25) is 0 Å². The van der Waals surface area contributed by atoms with Crippen LogP contribution in [0.3, 0.4) is 0 Å². The summed E-state index contributed by atoms with van der Waals surface area (Å²) in [5.74, 6) is -0.594. The van der Waals surface area contributed by atoms with E-state index in [1.165, 1.54) is 0 Å². The number of likely N-dealkylation sites (tertiary alicyclic amines) is 1. The number of likely N-dealkylation sites (N-methyl/N-ethyl adjacent to an activating group) is 1. The monoisotopic (exact) mass is 603 g/mol. The minimum atomic E-state index is -0.725. The first kappa shape index (κ1) is 36.2. The second kappa shape index (κ2) is 19.3. The van der Waals surface area contributed by atoms with Gasteiger partial charge in [-0.1, -0.05) is 50.6 Å². The maximum absolute atomic E-state index is 13.0. The van der Waals surface area contributed by atoms with Gasteiger partial charge in [0.25, 0.3) is 0 Å². The van der Waals surface area contributed by atoms with E-state index in [1.807, 2.05) is 65.1 Å². The maximum atomic E-state index is 13.0. The number of carbonyl (C=O) groups excluding carboxylic acids is 4. The smallest absolute Gasteiger partial charge is 0.410 e. The van der Waals surface area contributed by atoms with Crippen molar-refractivity contribution in [3.05, 3.63) is 36.0 Å². The first-order valence-electron chi connectivity index (χ1n) is 15.7. The minimum Gasteiger partial charge on any atom is -0.449 e. The Morgan fingerprint density at radius 1 is 0.884 bits per heavy atom. The Hall–Kier alpha value is -2.98. The molecule has 43 heavy (non-hydrogen) atoms. The summed E-state index contributed by atoms with van der Waals surface area (Å²) in [5.41, 5.74) is 0.890. The van der Waals surface area contributed by atoms with Crippen molar-refractivity contribution in [2.24, 2.45) is 23.7 Å². The summed E-state index contributed by atoms with van der Waals surface area (Å²) in [5, 5.41) is 10.0. The fourth-order valence-corrected chi connectivity index (χ4v) is 5.18. The normalized spacial score (nSPS) is 20.9. The van der Waals surface area contributed by atoms with Crippen LogP contribution in [0.4, 0.5) is 9.59 Å². The number of carbonyl (C=O) groups is 4. The highest BCUT2D eigenvalue weighted by molar-refractivity contribution is 5.68. The van der Waals surface area contributed by atoms with Crippen LogP contribution in [0.5, 0.6) is 0 Å². The molecule has 2 fully saturated rings. The molecule has 10 heteroatoms. The van der Waals surface area contributed by atoms with Gasteiger partial charge in [0.15, 0.2) is 0 Å². The van der Waals surface area contributed by atoms with E-state index < -0.39 is 12.2 Å². The average molecular weight is 604 g/mol. The Kier molecular flexibility index (Phi) is 16.3. The molecular weight excluding hydrogens is 550 g/mol. The van der Waals surface area contributed by atoms with Crippen molar-refractivity contribution in [3.63, 3.8) is 0 Å². The van der Waals surface area contributed by atoms with Crippen LogP contribution in [0, 0.1) is 23.7 Å². The second-order valence-electron chi connectivity index (χ2n) is 12.2. The quantitative estimate of drug-likeness (QED) is 0.156. The van der Waals surface area contributed by atoms with Gasteiger partial charge >= 0.3 is 12.2 Å². The van der Waals surface area contributed by atoms with E-state index in [9.17, 15) is 24.3 Å². The Morgan fingerprint density at radius 3 is 2.16 bits per heavy atom. The topological polar surface area (TPSA) is 117 Å². The van der Waals surface area contributed by atoms with Crippen LogP contribution >= 0.6 is 0 Å². The zero-order valence-corrected chi connectivity index (χ0v) is 26.7. The van der Waals surface area contributed by atoms with E-state index in [0.29, 0.717) is 38.8 Å². The summed E-state index contributed by atoms with van der Waals surface area (Å²) in [6, 6.07) is 0. The molecule has 1 N–H and O–H groups in total. The molecule has 2 aliphatic heterocycles. The number of aldehydes is 2. The molecule has 2 amide bonds. The molecule has 6 atom stereocenters. The summed E-state index contributed by atoms with van der Waals surface area (Å²) >= 11 is 0. The highest BCUT2D eigenvalue weighted by Gasteiger charge is 2.26. The Morgan fingerprint density at radius 2 is 1.53 bits per heavy atom. The predicted molar refractivity (Wildman–Crippen MR) is 166 cm³/mol. The van der Waals surface area contributed by atoms with Crippen molar-refractivity contribution in [2.45, 2.75) is 72.0 Å². The van der Waals surface area contributed by atoms with Gasteiger partial charge < -0.3 is 38.9 Å². The standard InChI is InChI=1S/C33H53N3O7/c1-25(24-42-32(40)35-16-6-7-17-35)9-8-10-26(2)30(23-38)27(3)12-14-31(28(4)11-13-29(39)15-22-37)43-33(41)36-20-18-34(5)19-21-36/h8-10,12,14,22-23,25,27-31,39H,6-7,11,13,15-21,24H2,1-5H3/b9-8+,14-12+,26-10+/t25-,27+,28-,29+,30-,31+/m1/s1. The lowest BCUT2D eigenvalue weighted by atomic mass is 9.87. The third-order valence-electron chi connectivity index (χ3n) is 8.36. The zero-order chi connectivity index (χ0) is 31.8. The third-order valence-corrected chi connectivity index (χ3v) is 8.36. The Bertz CT molecular complexity index is 968. The Labute approximate surface area is 257 Å². The van der Waals surface area contributed by atoms with Gasteiger partial charge in [0, 0.05) is 57.5 Å². The van der Waals surface area contributed by atoms with Gasteiger partial charge in [0.2, 0.25) is 0 Å². The third kappa shape index (κ3) is 13.0. The number of rotatable bonds is 16. The largest absolute Gasteiger partial charge is 0.449 e. The molecule has 242 valence electrons. The Balaban J connectivity index is 2.01. The van der Waals surface area contributed by atoms with Crippen molar-refractivity contribution < 1.29 is 33.8 Å². The zero-order valence-electron chi connectivity index (χ0n) is 26.7. The number of amides is 2. The van der Waals surface area contributed by atoms with Gasteiger partial charge in [-0.15, -0.1) is 0 Å². The molecule has 2 heterocycles. The van der Waals surface area contributed by atoms with Crippen molar-refractivity contribution in [2.75, 3.05) is 52.9 Å². The summed E-state index contributed by atoms with van der Waals surface area (Å²) in [4.78, 5) is 53.5. The van der Waals surface area contributed by atoms with Gasteiger partial charge in [-0.25, -0.2) is 9.59 Å². The number of hydrogen-bond donors (Lipinski definition) is 1. The lowest BCUT2D eigenvalue weighted by molar-refractivity contribution is -0.111. The van der Waals surface area contributed by atoms with E-state index in [0.717, 1.165) is 50.9 Å². The van der Waals surface area contributed by atoms with Gasteiger partial charge in [0.1, 0.15) is 18.7 Å². The van der Waals surface area contributed by atoms with Gasteiger partial charge in [-0.2, -0.15) is 0 Å². The fourth-order valence-electron chi connectivity index (χ4n) is 5.18. The number of nitrogens with zero attached hydrogens (tertiary/aromatic N) is 3. The lowest BCUT2D eigenvalue weighted by Crippen LogP contribution is -2.48. The molecule has 0 spiro atoms. The molecule has 0 saturated carbocycles. The summed E-state index contributed by atoms with van der Waals surface area (Å²) < 4.78 is 11.4. The first-order chi connectivity index (χ1) is 20.5. The van der Waals surface area contributed by atoms with Crippen LogP contribution < -0.4 is 0 Å². The van der Waals surface area contributed by atoms with E-state index in [1.54, 1.807) is 9.80 Å². The maximum Gasteiger partial charge on any atom is 0.410 e. The van der Waals surface area contributed by atoms with Crippen molar-refractivity contribution in [3.8, 4) is 0 Å². The second-order valence-corrected chi connectivity index (χ2v) is 12.2. The van der Waals surface area contributed by atoms with Crippen LogP contribution in [-0.4, -0.2) is 110 Å². The number of ether oxygens (including phenoxy) is 2. The van der Waals surface area contributed by atoms with Crippen LogP contribution in [-0.2, 0) is 19.1 Å². The number of aliphatic hydroxyl groups excluding tert-OH is 1. The molecule has 0 aliphatic carbocycles. The molecule has 2 saturated heterocycles. The molecule has 0 radical (unpaired) electrons. The molecule has 0 unspecified atom stereocenters. The van der Waals surface area contributed by atoms with Crippen LogP contribution in [0.1, 0.15) is 59.8 Å². The predicted octanol–water partition coefficient (Wildman–Crippen LogP) is 4.48. The van der Waals surface area contributed by atoms with Crippen molar-refractivity contribution >= 4 is 24.8 Å². The molecule has 10 nitrogen and oxygen atoms in total. The summed E-state index contributed by atoms with van der Waals surface area (Å²) in [7, 11) is 2.02. The number of allylic oxidation sites excluding steroid dienone is 4. The lowest BCUT2D eigenvalue weighted by Gasteiger charge is -2.33. The molecular formula is C33H53N3O7. The van der Waals surface area contributed by atoms with Gasteiger partial charge in [0.05, 0.1) is 12.7 Å². The minimum absolute atomic E-state index is 0.0323. The molecule has 0 bridgehead atoms. The molecule has 0 aromatic carbocycles. The molecule has 0 aromatic rings. The van der Waals surface area contributed by atoms with E-state index in [2.05, 4.69) is 4.90 Å². The van der Waals surface area contributed by atoms with Crippen molar-refractivity contribution in [1.29, 1.82) is 0 Å². The summed E-state index contributed by atoms with van der Waals surface area (Å²) in [6.07, 6.45) is 12.4. The van der Waals surface area contributed by atoms with Gasteiger partial charge in [-0.3, -0.25) is 0 Å². The number of aliphatic hydroxyl groups is 1. The van der Waals surface area contributed by atoms with Crippen LogP contribution in [0.15, 0.2) is 36.0 Å². The van der Waals surface area contributed by atoms with E-state index in [4.69, 9.17) is 9.47 Å². The highest BCUT2D eigenvalue weighted by atomic mass is 16.6. The van der Waals surface area contributed by atoms with Crippen LogP contribution in [0.25, 0.3) is 0 Å². The average Bonchev–Trinajstić information content (AvgIpc) is 3.53. The van der Waals surface area contributed by atoms with Crippen molar-refractivity contribution in [1.82, 2.24) is 14.7 Å². The van der Waals surface area contributed by atoms with E-state index in [-0.39, 0.29) is 42.3 Å². The molecule has 2 rings (SSSR count). The molecule has 2 aliphatic rings. The van der Waals surface area contributed by atoms with Gasteiger partial charge in [-0.05, 0) is 57.6 Å². The first-order valence-corrected chi connectivity index (χ1v) is 15.7. The summed E-state index contributed by atoms with van der Waals surface area (Å²) in [6.45, 7) is 12.4. The molecule has 0 aromatic heterocycles.